The fourth-order valence-electron chi connectivity index (χ4n) is 3.63. The van der Waals surface area contributed by atoms with Crippen molar-refractivity contribution >= 4 is 32.8 Å². The minimum atomic E-state index is 0.651. The molecule has 0 aliphatic heterocycles. The molecule has 6 aromatic rings. The molecule has 10 heteroatoms. The van der Waals surface area contributed by atoms with Crippen LogP contribution in [0.1, 0.15) is 11.4 Å². The van der Waals surface area contributed by atoms with E-state index < -0.39 is 0 Å². The Hall–Kier alpha value is -4.08. The smallest absolute Gasteiger partial charge is 0.151 e. The molecule has 0 amide bonds. The Morgan fingerprint density at radius 1 is 0.571 bits per heavy atom. The van der Waals surface area contributed by atoms with Gasteiger partial charge in [-0.15, -0.1) is 19.5 Å². The number of aromatic nitrogens is 10. The zero-order chi connectivity index (χ0) is 18.5. The Morgan fingerprint density at radius 2 is 1.00 bits per heavy atom. The van der Waals surface area contributed by atoms with Crippen LogP contribution in [0.2, 0.25) is 0 Å². The van der Waals surface area contributed by atoms with E-state index in [4.69, 9.17) is 0 Å². The molecule has 0 atom stereocenters. The molecule has 0 aliphatic rings. The molecule has 0 spiro atoms. The first-order chi connectivity index (χ1) is 13.9. The Kier molecular flexibility index (Phi) is 3.06. The zero-order valence-corrected chi connectivity index (χ0v) is 14.5. The standard InChI is InChI=1S/C18H12N10/c1-3-7-13-11(5-1)15(21-27-17(13)19-23-25-27)9-10-16-12-6-2-4-8-14(12)18-20-24-26-28(18)22-16/h1-8H,9-10H2. The van der Waals surface area contributed by atoms with Crippen LogP contribution in [0.3, 0.4) is 0 Å². The average Bonchev–Trinajstić information content (AvgIpc) is 3.41. The molecule has 6 rings (SSSR count). The topological polar surface area (TPSA) is 112 Å². The van der Waals surface area contributed by atoms with E-state index in [1.54, 1.807) is 0 Å². The molecular weight excluding hydrogens is 356 g/mol. The predicted octanol–water partition coefficient (Wildman–Crippen LogP) is 1.44. The molecule has 0 aliphatic carbocycles. The largest absolute Gasteiger partial charge is 0.207 e. The van der Waals surface area contributed by atoms with E-state index in [0.29, 0.717) is 24.1 Å². The molecule has 0 saturated heterocycles. The van der Waals surface area contributed by atoms with Gasteiger partial charge >= 0.3 is 0 Å². The Bertz CT molecular complexity index is 1370. The van der Waals surface area contributed by atoms with Crippen LogP contribution in [-0.2, 0) is 12.8 Å². The van der Waals surface area contributed by atoms with Gasteiger partial charge in [-0.25, -0.2) is 0 Å². The van der Waals surface area contributed by atoms with Crippen molar-refractivity contribution in [1.82, 2.24) is 50.5 Å². The first-order valence-corrected chi connectivity index (χ1v) is 8.80. The number of hydrogen-bond acceptors (Lipinski definition) is 8. The van der Waals surface area contributed by atoms with Gasteiger partial charge < -0.3 is 0 Å². The molecule has 4 aromatic heterocycles. The maximum Gasteiger partial charge on any atom is 0.207 e. The van der Waals surface area contributed by atoms with Gasteiger partial charge in [0, 0.05) is 21.5 Å². The number of rotatable bonds is 3. The monoisotopic (exact) mass is 368 g/mol. The van der Waals surface area contributed by atoms with E-state index in [1.165, 1.54) is 9.26 Å². The van der Waals surface area contributed by atoms with E-state index >= 15 is 0 Å². The third kappa shape index (κ3) is 2.14. The summed E-state index contributed by atoms with van der Waals surface area (Å²) in [5, 5.41) is 36.8. The van der Waals surface area contributed by atoms with Gasteiger partial charge in [0.15, 0.2) is 0 Å². The minimum absolute atomic E-state index is 0.651. The number of hydrogen-bond donors (Lipinski definition) is 0. The molecular formula is C18H12N10. The molecule has 0 fully saturated rings. The van der Waals surface area contributed by atoms with Crippen LogP contribution in [0, 0.1) is 0 Å². The lowest BCUT2D eigenvalue weighted by Gasteiger charge is -2.08. The molecule has 2 aromatic carbocycles. The lowest BCUT2D eigenvalue weighted by atomic mass is 10.0. The van der Waals surface area contributed by atoms with Crippen LogP contribution in [-0.4, -0.2) is 50.5 Å². The molecule has 0 unspecified atom stereocenters. The first kappa shape index (κ1) is 15.0. The van der Waals surface area contributed by atoms with Crippen LogP contribution in [0.15, 0.2) is 48.5 Å². The van der Waals surface area contributed by atoms with E-state index in [1.807, 2.05) is 48.5 Å². The normalized spacial score (nSPS) is 11.9. The van der Waals surface area contributed by atoms with Crippen molar-refractivity contribution in [1.29, 1.82) is 0 Å². The molecule has 0 N–H and O–H groups in total. The zero-order valence-electron chi connectivity index (χ0n) is 14.5. The van der Waals surface area contributed by atoms with Gasteiger partial charge in [0.05, 0.1) is 11.4 Å². The summed E-state index contributed by atoms with van der Waals surface area (Å²) >= 11 is 0. The highest BCUT2D eigenvalue weighted by atomic mass is 15.6. The summed E-state index contributed by atoms with van der Waals surface area (Å²) in [6.07, 6.45) is 1.36. The SMILES string of the molecule is c1ccc2c(c1)c(CCc1nn3nnnc3c3ccccc13)nn1nnnc21. The van der Waals surface area contributed by atoms with Crippen LogP contribution in [0.4, 0.5) is 0 Å². The number of fused-ring (bicyclic) bond motifs is 6. The van der Waals surface area contributed by atoms with Gasteiger partial charge in [-0.1, -0.05) is 48.5 Å². The second kappa shape index (κ2) is 5.71. The maximum absolute atomic E-state index is 4.62. The van der Waals surface area contributed by atoms with E-state index in [0.717, 1.165) is 32.9 Å². The lowest BCUT2D eigenvalue weighted by molar-refractivity contribution is 0.692. The van der Waals surface area contributed by atoms with Gasteiger partial charge in [-0.2, -0.15) is 10.2 Å². The van der Waals surface area contributed by atoms with Crippen molar-refractivity contribution in [3.05, 3.63) is 59.9 Å². The quantitative estimate of drug-likeness (QED) is 0.461. The Balaban J connectivity index is 1.49. The van der Waals surface area contributed by atoms with Gasteiger partial charge in [0.2, 0.25) is 11.3 Å². The van der Waals surface area contributed by atoms with Crippen molar-refractivity contribution in [3.63, 3.8) is 0 Å². The molecule has 0 saturated carbocycles. The number of aryl methyl sites for hydroxylation is 2. The van der Waals surface area contributed by atoms with Crippen LogP contribution < -0.4 is 0 Å². The van der Waals surface area contributed by atoms with Gasteiger partial charge in [0.1, 0.15) is 0 Å². The van der Waals surface area contributed by atoms with Crippen molar-refractivity contribution in [2.45, 2.75) is 12.8 Å². The fraction of sp³-hybridized carbons (Fsp3) is 0.111. The summed E-state index contributed by atoms with van der Waals surface area (Å²) < 4.78 is 2.96. The second-order valence-corrected chi connectivity index (χ2v) is 6.47. The molecule has 0 radical (unpaired) electrons. The summed E-state index contributed by atoms with van der Waals surface area (Å²) in [4.78, 5) is 0. The summed E-state index contributed by atoms with van der Waals surface area (Å²) in [5.74, 6) is 0. The van der Waals surface area contributed by atoms with Gasteiger partial charge in [-0.05, 0) is 33.7 Å². The highest BCUT2D eigenvalue weighted by Gasteiger charge is 2.14. The summed E-state index contributed by atoms with van der Waals surface area (Å²) in [5.41, 5.74) is 3.13. The molecule has 134 valence electrons. The van der Waals surface area contributed by atoms with Gasteiger partial charge in [0.25, 0.3) is 0 Å². The number of tetrazole rings is 2. The average molecular weight is 368 g/mol. The second-order valence-electron chi connectivity index (χ2n) is 6.47. The third-order valence-corrected chi connectivity index (χ3v) is 4.89. The third-order valence-electron chi connectivity index (χ3n) is 4.89. The summed E-state index contributed by atoms with van der Waals surface area (Å²) in [6, 6.07) is 16.0. The van der Waals surface area contributed by atoms with Gasteiger partial charge in [-0.3, -0.25) is 0 Å². The molecule has 10 nitrogen and oxygen atoms in total. The van der Waals surface area contributed by atoms with Crippen LogP contribution in [0.25, 0.3) is 32.8 Å². The van der Waals surface area contributed by atoms with Crippen molar-refractivity contribution in [2.75, 3.05) is 0 Å². The highest BCUT2D eigenvalue weighted by Crippen LogP contribution is 2.24. The Labute approximate surface area is 156 Å². The van der Waals surface area contributed by atoms with Crippen LogP contribution >= 0.6 is 0 Å². The van der Waals surface area contributed by atoms with E-state index in [2.05, 4.69) is 41.2 Å². The fourth-order valence-corrected chi connectivity index (χ4v) is 3.63. The number of benzene rings is 2. The predicted molar refractivity (Wildman–Crippen MR) is 99.6 cm³/mol. The molecule has 0 bridgehead atoms. The maximum atomic E-state index is 4.62. The molecule has 28 heavy (non-hydrogen) atoms. The van der Waals surface area contributed by atoms with Crippen LogP contribution in [0.5, 0.6) is 0 Å². The van der Waals surface area contributed by atoms with Crippen molar-refractivity contribution in [3.8, 4) is 0 Å². The van der Waals surface area contributed by atoms with E-state index in [9.17, 15) is 0 Å². The summed E-state index contributed by atoms with van der Waals surface area (Å²) in [7, 11) is 0. The lowest BCUT2D eigenvalue weighted by Crippen LogP contribution is -2.07. The van der Waals surface area contributed by atoms with Crippen molar-refractivity contribution < 1.29 is 0 Å². The first-order valence-electron chi connectivity index (χ1n) is 8.80. The number of nitrogens with zero attached hydrogens (tertiary/aromatic N) is 10. The summed E-state index contributed by atoms with van der Waals surface area (Å²) in [6.45, 7) is 0. The molecule has 4 heterocycles. The van der Waals surface area contributed by atoms with E-state index in [-0.39, 0.29) is 0 Å². The minimum Gasteiger partial charge on any atom is -0.151 e. The Morgan fingerprint density at radius 3 is 1.46 bits per heavy atom. The highest BCUT2D eigenvalue weighted by molar-refractivity contribution is 5.95. The van der Waals surface area contributed by atoms with Crippen molar-refractivity contribution in [2.24, 2.45) is 0 Å².